The average molecular weight is 387 g/mol. The summed E-state index contributed by atoms with van der Waals surface area (Å²) in [5.41, 5.74) is -0.700. The molecule has 0 aliphatic carbocycles. The number of methoxy groups -OCH3 is 1. The summed E-state index contributed by atoms with van der Waals surface area (Å²) in [6, 6.07) is 2.75. The zero-order valence-electron chi connectivity index (χ0n) is 16.2. The molecule has 0 saturated carbocycles. The summed E-state index contributed by atoms with van der Waals surface area (Å²) in [4.78, 5) is 0. The van der Waals surface area contributed by atoms with E-state index in [2.05, 4.69) is 4.72 Å². The summed E-state index contributed by atoms with van der Waals surface area (Å²) in [5.74, 6) is -0.919. The van der Waals surface area contributed by atoms with Crippen LogP contribution in [0.4, 0.5) is 10.1 Å². The largest absolute Gasteiger partial charge is 0.495 e. The molecule has 1 heterocycles. The summed E-state index contributed by atoms with van der Waals surface area (Å²) >= 11 is 0. The fourth-order valence-corrected chi connectivity index (χ4v) is 4.09. The van der Waals surface area contributed by atoms with E-state index in [0.717, 1.165) is 0 Å². The van der Waals surface area contributed by atoms with E-state index in [1.165, 1.54) is 19.2 Å². The van der Waals surface area contributed by atoms with Crippen molar-refractivity contribution in [2.45, 2.75) is 58.7 Å². The Morgan fingerprint density at radius 2 is 1.88 bits per heavy atom. The Bertz CT molecular complexity index is 771. The summed E-state index contributed by atoms with van der Waals surface area (Å²) in [5, 5.41) is 0. The van der Waals surface area contributed by atoms with Crippen molar-refractivity contribution >= 4 is 28.3 Å². The van der Waals surface area contributed by atoms with Gasteiger partial charge in [0, 0.05) is 0 Å². The predicted octanol–water partition coefficient (Wildman–Crippen LogP) is 2.68. The molecule has 0 radical (unpaired) electrons. The maximum atomic E-state index is 14.5. The third kappa shape index (κ3) is 3.99. The molecule has 1 aromatic carbocycles. The fourth-order valence-electron chi connectivity index (χ4n) is 2.96. The first-order valence-electron chi connectivity index (χ1n) is 8.72. The molecule has 2 rings (SSSR count). The van der Waals surface area contributed by atoms with Gasteiger partial charge in [-0.15, -0.1) is 0 Å². The molecule has 0 spiro atoms. The minimum absolute atomic E-state index is 0.0334. The lowest BCUT2D eigenvalue weighted by Crippen LogP contribution is -2.44. The molecule has 1 saturated heterocycles. The van der Waals surface area contributed by atoms with Gasteiger partial charge in [0.2, 0.25) is 10.0 Å². The first-order valence-corrected chi connectivity index (χ1v) is 10.4. The first kappa shape index (κ1) is 21.0. The lowest BCUT2D eigenvalue weighted by Gasteiger charge is -2.35. The third-order valence-corrected chi connectivity index (χ3v) is 6.47. The van der Waals surface area contributed by atoms with E-state index in [9.17, 15) is 12.8 Å². The Labute approximate surface area is 155 Å². The fraction of sp³-hybridized carbons (Fsp3) is 0.647. The molecule has 0 bridgehead atoms. The highest BCUT2D eigenvalue weighted by Gasteiger charge is 2.53. The van der Waals surface area contributed by atoms with Gasteiger partial charge >= 0.3 is 7.12 Å². The first-order chi connectivity index (χ1) is 12.0. The van der Waals surface area contributed by atoms with Gasteiger partial charge in [0.15, 0.2) is 11.6 Å². The van der Waals surface area contributed by atoms with E-state index in [1.54, 1.807) is 6.92 Å². The zero-order chi connectivity index (χ0) is 19.8. The number of nitrogens with one attached hydrogen (secondary N) is 1. The van der Waals surface area contributed by atoms with Gasteiger partial charge in [0.1, 0.15) is 0 Å². The number of sulfonamides is 1. The number of rotatable bonds is 7. The maximum Gasteiger partial charge on any atom is 0.495 e. The number of hydrogen-bond donors (Lipinski definition) is 1. The van der Waals surface area contributed by atoms with Crippen molar-refractivity contribution < 1.29 is 26.9 Å². The molecule has 1 aliphatic heterocycles. The van der Waals surface area contributed by atoms with Gasteiger partial charge in [0.25, 0.3) is 0 Å². The van der Waals surface area contributed by atoms with Gasteiger partial charge in [-0.2, -0.15) is 0 Å². The molecule has 1 unspecified atom stereocenters. The number of halogens is 1. The molecule has 1 fully saturated rings. The SMILES string of the molecule is CCCS(=O)(=O)Nc1cc(B2OC(C)(C)C(C)(CC)O2)cc(F)c1OC. The lowest BCUT2D eigenvalue weighted by atomic mass is 9.78. The molecular formula is C17H27BFNO5S. The highest BCUT2D eigenvalue weighted by molar-refractivity contribution is 7.92. The second-order valence-electron chi connectivity index (χ2n) is 7.17. The van der Waals surface area contributed by atoms with Crippen LogP contribution in [-0.4, -0.2) is 39.6 Å². The summed E-state index contributed by atoms with van der Waals surface area (Å²) < 4.78 is 58.2. The Balaban J connectivity index is 2.43. The van der Waals surface area contributed by atoms with Crippen LogP contribution < -0.4 is 14.9 Å². The quantitative estimate of drug-likeness (QED) is 0.729. The third-order valence-electron chi connectivity index (χ3n) is 5.00. The monoisotopic (exact) mass is 387 g/mol. The van der Waals surface area contributed by atoms with Gasteiger partial charge in [-0.05, 0) is 51.2 Å². The van der Waals surface area contributed by atoms with Crippen molar-refractivity contribution in [1.82, 2.24) is 0 Å². The molecule has 1 aromatic rings. The zero-order valence-corrected chi connectivity index (χ0v) is 17.0. The number of ether oxygens (including phenoxy) is 1. The topological polar surface area (TPSA) is 73.9 Å². The Kier molecular flexibility index (Phi) is 5.94. The Morgan fingerprint density at radius 1 is 1.23 bits per heavy atom. The van der Waals surface area contributed by atoms with Crippen LogP contribution in [0, 0.1) is 5.82 Å². The highest BCUT2D eigenvalue weighted by Crippen LogP contribution is 2.40. The molecule has 0 aromatic heterocycles. The molecule has 26 heavy (non-hydrogen) atoms. The van der Waals surface area contributed by atoms with Gasteiger partial charge < -0.3 is 14.0 Å². The molecular weight excluding hydrogens is 360 g/mol. The number of anilines is 1. The summed E-state index contributed by atoms with van der Waals surface area (Å²) in [7, 11) is -3.12. The molecule has 146 valence electrons. The van der Waals surface area contributed by atoms with E-state index in [4.69, 9.17) is 14.0 Å². The molecule has 6 nitrogen and oxygen atoms in total. The van der Waals surface area contributed by atoms with Crippen LogP contribution in [0.5, 0.6) is 5.75 Å². The van der Waals surface area contributed by atoms with Crippen LogP contribution in [0.25, 0.3) is 0 Å². The van der Waals surface area contributed by atoms with Crippen molar-refractivity contribution in [3.63, 3.8) is 0 Å². The molecule has 1 N–H and O–H groups in total. The Morgan fingerprint density at radius 3 is 2.38 bits per heavy atom. The molecule has 1 atom stereocenters. The van der Waals surface area contributed by atoms with Crippen LogP contribution in [0.15, 0.2) is 12.1 Å². The van der Waals surface area contributed by atoms with Crippen molar-refractivity contribution in [1.29, 1.82) is 0 Å². The molecule has 0 amide bonds. The van der Waals surface area contributed by atoms with E-state index in [0.29, 0.717) is 18.3 Å². The van der Waals surface area contributed by atoms with E-state index in [1.807, 2.05) is 27.7 Å². The summed E-state index contributed by atoms with van der Waals surface area (Å²) in [6.45, 7) is 9.52. The summed E-state index contributed by atoms with van der Waals surface area (Å²) in [6.07, 6.45) is 1.16. The van der Waals surface area contributed by atoms with Gasteiger partial charge in [0.05, 0.1) is 29.8 Å². The van der Waals surface area contributed by atoms with Crippen LogP contribution in [0.2, 0.25) is 0 Å². The number of benzene rings is 1. The van der Waals surface area contributed by atoms with Crippen LogP contribution in [-0.2, 0) is 19.3 Å². The second kappa shape index (κ2) is 7.36. The van der Waals surface area contributed by atoms with E-state index in [-0.39, 0.29) is 17.2 Å². The highest BCUT2D eigenvalue weighted by atomic mass is 32.2. The van der Waals surface area contributed by atoms with Gasteiger partial charge in [-0.3, -0.25) is 4.72 Å². The predicted molar refractivity (Wildman–Crippen MR) is 101 cm³/mol. The Hall–Kier alpha value is -1.32. The van der Waals surface area contributed by atoms with Crippen molar-refractivity contribution in [2.75, 3.05) is 17.6 Å². The van der Waals surface area contributed by atoms with E-state index >= 15 is 0 Å². The molecule has 9 heteroatoms. The van der Waals surface area contributed by atoms with E-state index < -0.39 is 34.2 Å². The maximum absolute atomic E-state index is 14.5. The standard InChI is InChI=1S/C17H27BFNO5S/c1-7-9-26(21,22)20-14-11-12(10-13(19)15(14)23-6)18-24-16(3,4)17(5,8-2)25-18/h10-11,20H,7-9H2,1-6H3. The second-order valence-corrected chi connectivity index (χ2v) is 9.01. The van der Waals surface area contributed by atoms with Gasteiger partial charge in [-0.1, -0.05) is 13.8 Å². The average Bonchev–Trinajstić information content (AvgIpc) is 2.77. The van der Waals surface area contributed by atoms with Gasteiger partial charge in [-0.25, -0.2) is 12.8 Å². The molecule has 1 aliphatic rings. The normalized spacial score (nSPS) is 22.5. The van der Waals surface area contributed by atoms with Crippen molar-refractivity contribution in [3.05, 3.63) is 17.9 Å². The van der Waals surface area contributed by atoms with Crippen molar-refractivity contribution in [2.24, 2.45) is 0 Å². The van der Waals surface area contributed by atoms with Crippen LogP contribution in [0.3, 0.4) is 0 Å². The minimum Gasteiger partial charge on any atom is -0.492 e. The smallest absolute Gasteiger partial charge is 0.492 e. The van der Waals surface area contributed by atoms with Crippen LogP contribution >= 0.6 is 0 Å². The lowest BCUT2D eigenvalue weighted by molar-refractivity contribution is -0.0118. The minimum atomic E-state index is -3.60. The van der Waals surface area contributed by atoms with Crippen LogP contribution in [0.1, 0.15) is 47.5 Å². The number of hydrogen-bond acceptors (Lipinski definition) is 5. The van der Waals surface area contributed by atoms with Crippen molar-refractivity contribution in [3.8, 4) is 5.75 Å².